The highest BCUT2D eigenvalue weighted by Gasteiger charge is 2.19. The molecule has 0 rings (SSSR count). The van der Waals surface area contributed by atoms with Gasteiger partial charge in [-0.3, -0.25) is 14.4 Å². The lowest BCUT2D eigenvalue weighted by atomic mass is 10.0. The molecule has 0 aliphatic heterocycles. The zero-order valence-electron chi connectivity index (χ0n) is 52.8. The number of esters is 3. The Bertz CT molecular complexity index is 1560. The quantitative estimate of drug-likeness (QED) is 0.0261. The van der Waals surface area contributed by atoms with Crippen LogP contribution in [0.5, 0.6) is 0 Å². The molecular formula is C74H128O6. The molecule has 1 unspecified atom stereocenters. The van der Waals surface area contributed by atoms with E-state index in [0.717, 1.165) is 135 Å². The van der Waals surface area contributed by atoms with E-state index in [9.17, 15) is 14.4 Å². The largest absolute Gasteiger partial charge is 0.462 e. The molecule has 80 heavy (non-hydrogen) atoms. The highest BCUT2D eigenvalue weighted by atomic mass is 16.6. The van der Waals surface area contributed by atoms with Crippen molar-refractivity contribution in [2.45, 2.75) is 341 Å². The van der Waals surface area contributed by atoms with Gasteiger partial charge in [-0.1, -0.05) is 298 Å². The van der Waals surface area contributed by atoms with Crippen molar-refractivity contribution in [1.82, 2.24) is 0 Å². The van der Waals surface area contributed by atoms with Crippen LogP contribution < -0.4 is 0 Å². The minimum absolute atomic E-state index is 0.0861. The van der Waals surface area contributed by atoms with Crippen molar-refractivity contribution in [3.05, 3.63) is 97.2 Å². The smallest absolute Gasteiger partial charge is 0.306 e. The van der Waals surface area contributed by atoms with Gasteiger partial charge in [-0.2, -0.15) is 0 Å². The number of unbranched alkanes of at least 4 members (excludes halogenated alkanes) is 35. The van der Waals surface area contributed by atoms with Gasteiger partial charge in [0, 0.05) is 19.3 Å². The third-order valence-corrected chi connectivity index (χ3v) is 14.8. The number of carbonyl (C=O) groups excluding carboxylic acids is 3. The normalized spacial score (nSPS) is 12.7. The van der Waals surface area contributed by atoms with E-state index in [4.69, 9.17) is 14.2 Å². The molecule has 6 nitrogen and oxygen atoms in total. The maximum atomic E-state index is 12.9. The Morgan fingerprint density at radius 1 is 0.263 bits per heavy atom. The Labute approximate surface area is 496 Å². The maximum absolute atomic E-state index is 12.9. The molecule has 0 fully saturated rings. The highest BCUT2D eigenvalue weighted by Crippen LogP contribution is 2.17. The fourth-order valence-electron chi connectivity index (χ4n) is 9.68. The minimum Gasteiger partial charge on any atom is -0.462 e. The van der Waals surface area contributed by atoms with E-state index in [2.05, 4.69) is 118 Å². The van der Waals surface area contributed by atoms with Crippen molar-refractivity contribution >= 4 is 17.9 Å². The van der Waals surface area contributed by atoms with Gasteiger partial charge in [0.2, 0.25) is 0 Å². The van der Waals surface area contributed by atoms with E-state index in [0.29, 0.717) is 19.3 Å². The third-order valence-electron chi connectivity index (χ3n) is 14.8. The van der Waals surface area contributed by atoms with Gasteiger partial charge in [-0.05, 0) is 116 Å². The van der Waals surface area contributed by atoms with E-state index >= 15 is 0 Å². The standard InChI is InChI=1S/C74H128O6/c1-4-7-10-13-16-19-22-24-26-28-30-32-33-34-35-36-37-38-39-40-41-43-44-46-48-50-52-55-58-61-64-67-73(76)79-70-71(69-78-72(75)66-63-60-57-54-21-18-15-12-9-6-3)80-74(77)68-65-62-59-56-53-51-49-47-45-42-31-29-27-25-23-20-17-14-11-8-5-2/h8,11-12,15,17,20,22,24-25,27-28,30-31,42,47,49,71H,4-7,9-10,13-14,16,18-19,21,23,26,29,32-41,43-46,48,50-70H2,1-3H3/b11-8-,15-12-,20-17-,24-22-,27-25-,30-28-,42-31-,49-47-. The predicted octanol–water partition coefficient (Wildman–Crippen LogP) is 23.6. The second-order valence-corrected chi connectivity index (χ2v) is 22.7. The monoisotopic (exact) mass is 1110 g/mol. The molecule has 0 aromatic heterocycles. The van der Waals surface area contributed by atoms with Crippen molar-refractivity contribution < 1.29 is 28.6 Å². The van der Waals surface area contributed by atoms with Crippen molar-refractivity contribution in [3.8, 4) is 0 Å². The molecule has 6 heteroatoms. The average Bonchev–Trinajstić information content (AvgIpc) is 3.46. The first-order valence-corrected chi connectivity index (χ1v) is 34.2. The molecular weight excluding hydrogens is 985 g/mol. The highest BCUT2D eigenvalue weighted by molar-refractivity contribution is 5.71. The number of ether oxygens (including phenoxy) is 3. The van der Waals surface area contributed by atoms with E-state index in [1.807, 2.05) is 0 Å². The predicted molar refractivity (Wildman–Crippen MR) is 348 cm³/mol. The summed E-state index contributed by atoms with van der Waals surface area (Å²) in [5.41, 5.74) is 0. The fraction of sp³-hybridized carbons (Fsp3) is 0.743. The molecule has 0 N–H and O–H groups in total. The second-order valence-electron chi connectivity index (χ2n) is 22.7. The molecule has 0 spiro atoms. The number of allylic oxidation sites excluding steroid dienone is 16. The van der Waals surface area contributed by atoms with E-state index in [-0.39, 0.29) is 31.1 Å². The Morgan fingerprint density at radius 2 is 0.512 bits per heavy atom. The zero-order chi connectivity index (χ0) is 57.8. The summed E-state index contributed by atoms with van der Waals surface area (Å²) in [6.07, 6.45) is 91.6. The van der Waals surface area contributed by atoms with Crippen LogP contribution in [0.1, 0.15) is 335 Å². The minimum atomic E-state index is -0.792. The summed E-state index contributed by atoms with van der Waals surface area (Å²) in [6.45, 7) is 6.46. The molecule has 0 aromatic carbocycles. The van der Waals surface area contributed by atoms with Crippen LogP contribution in [0.25, 0.3) is 0 Å². The topological polar surface area (TPSA) is 78.9 Å². The van der Waals surface area contributed by atoms with Gasteiger partial charge >= 0.3 is 17.9 Å². The van der Waals surface area contributed by atoms with E-state index in [1.54, 1.807) is 0 Å². The van der Waals surface area contributed by atoms with Gasteiger partial charge in [0.15, 0.2) is 6.10 Å². The Kier molecular flexibility index (Phi) is 64.7. The number of hydrogen-bond donors (Lipinski definition) is 0. The van der Waals surface area contributed by atoms with Gasteiger partial charge in [-0.25, -0.2) is 0 Å². The van der Waals surface area contributed by atoms with Gasteiger partial charge in [0.05, 0.1) is 0 Å². The fourth-order valence-corrected chi connectivity index (χ4v) is 9.68. The molecule has 460 valence electrons. The van der Waals surface area contributed by atoms with Crippen molar-refractivity contribution in [3.63, 3.8) is 0 Å². The molecule has 0 radical (unpaired) electrons. The molecule has 0 saturated carbocycles. The Hall–Kier alpha value is -3.67. The third kappa shape index (κ3) is 65.1. The first-order valence-electron chi connectivity index (χ1n) is 34.2. The SMILES string of the molecule is CC/C=C\C/C=C\C/C=C\C/C=C\C/C=C\CCCCCCCC(=O)OC(COC(=O)CCCCCCC/C=C\CCC)COC(=O)CCCCCCCCCCCCCCCCCCCCC/C=C\C/C=C\CCCCCCC. The summed E-state index contributed by atoms with van der Waals surface area (Å²) in [5.74, 6) is -0.905. The molecule has 0 saturated heterocycles. The van der Waals surface area contributed by atoms with Crippen LogP contribution in [0.4, 0.5) is 0 Å². The van der Waals surface area contributed by atoms with Crippen LogP contribution in [-0.2, 0) is 28.6 Å². The summed E-state index contributed by atoms with van der Waals surface area (Å²) in [7, 11) is 0. The van der Waals surface area contributed by atoms with Gasteiger partial charge in [0.1, 0.15) is 13.2 Å². The Balaban J connectivity index is 4.17. The number of rotatable bonds is 62. The summed E-state index contributed by atoms with van der Waals surface area (Å²) in [5, 5.41) is 0. The maximum Gasteiger partial charge on any atom is 0.306 e. The van der Waals surface area contributed by atoms with Crippen LogP contribution in [0, 0.1) is 0 Å². The summed E-state index contributed by atoms with van der Waals surface area (Å²) in [6, 6.07) is 0. The molecule has 0 bridgehead atoms. The lowest BCUT2D eigenvalue weighted by Gasteiger charge is -2.18. The molecule has 1 atom stereocenters. The van der Waals surface area contributed by atoms with Crippen LogP contribution in [0.15, 0.2) is 97.2 Å². The van der Waals surface area contributed by atoms with Crippen molar-refractivity contribution in [1.29, 1.82) is 0 Å². The summed E-state index contributed by atoms with van der Waals surface area (Å²) < 4.78 is 16.9. The molecule has 0 aromatic rings. The van der Waals surface area contributed by atoms with E-state index < -0.39 is 6.10 Å². The van der Waals surface area contributed by atoms with Gasteiger partial charge in [-0.15, -0.1) is 0 Å². The van der Waals surface area contributed by atoms with Gasteiger partial charge < -0.3 is 14.2 Å². The molecule has 0 amide bonds. The molecule has 0 aliphatic carbocycles. The van der Waals surface area contributed by atoms with Crippen LogP contribution in [-0.4, -0.2) is 37.2 Å². The van der Waals surface area contributed by atoms with E-state index in [1.165, 1.54) is 161 Å². The summed E-state index contributed by atoms with van der Waals surface area (Å²) in [4.78, 5) is 38.3. The van der Waals surface area contributed by atoms with Crippen LogP contribution in [0.3, 0.4) is 0 Å². The molecule has 0 heterocycles. The lowest BCUT2D eigenvalue weighted by Crippen LogP contribution is -2.30. The van der Waals surface area contributed by atoms with Crippen molar-refractivity contribution in [2.75, 3.05) is 13.2 Å². The average molecular weight is 1110 g/mol. The molecule has 0 aliphatic rings. The zero-order valence-corrected chi connectivity index (χ0v) is 52.8. The van der Waals surface area contributed by atoms with Crippen LogP contribution >= 0.6 is 0 Å². The summed E-state index contributed by atoms with van der Waals surface area (Å²) >= 11 is 0. The lowest BCUT2D eigenvalue weighted by molar-refractivity contribution is -0.167. The first kappa shape index (κ1) is 76.3. The van der Waals surface area contributed by atoms with Gasteiger partial charge in [0.25, 0.3) is 0 Å². The van der Waals surface area contributed by atoms with Crippen LogP contribution in [0.2, 0.25) is 0 Å². The second kappa shape index (κ2) is 67.8. The first-order chi connectivity index (χ1) is 39.5. The Morgan fingerprint density at radius 3 is 0.825 bits per heavy atom. The number of carbonyl (C=O) groups is 3. The van der Waals surface area contributed by atoms with Crippen molar-refractivity contribution in [2.24, 2.45) is 0 Å². The number of hydrogen-bond acceptors (Lipinski definition) is 6.